The van der Waals surface area contributed by atoms with Gasteiger partial charge in [-0.15, -0.1) is 0 Å². The Labute approximate surface area is 185 Å². The van der Waals surface area contributed by atoms with Gasteiger partial charge in [-0.25, -0.2) is 8.42 Å². The largest absolute Gasteiger partial charge is 0.496 e. The van der Waals surface area contributed by atoms with Gasteiger partial charge in [0, 0.05) is 23.5 Å². The molecule has 1 heterocycles. The first-order valence-corrected chi connectivity index (χ1v) is 11.8. The molecular weight excluding hydrogens is 472 g/mol. The molecule has 30 heavy (non-hydrogen) atoms. The third-order valence-corrected chi connectivity index (χ3v) is 7.69. The molecule has 2 aromatic rings. The zero-order valence-electron chi connectivity index (χ0n) is 16.9. The highest BCUT2D eigenvalue weighted by atomic mass is 79.9. The van der Waals surface area contributed by atoms with Gasteiger partial charge in [0.1, 0.15) is 11.5 Å². The quantitative estimate of drug-likeness (QED) is 0.636. The Balaban J connectivity index is 1.59. The second kappa shape index (κ2) is 9.80. The minimum Gasteiger partial charge on any atom is -0.496 e. The lowest BCUT2D eigenvalue weighted by Crippen LogP contribution is -2.42. The molecule has 0 aromatic heterocycles. The Morgan fingerprint density at radius 2 is 1.63 bits per heavy atom. The van der Waals surface area contributed by atoms with Gasteiger partial charge < -0.3 is 14.8 Å². The molecule has 0 bridgehead atoms. The maximum atomic E-state index is 12.8. The van der Waals surface area contributed by atoms with Crippen LogP contribution >= 0.6 is 15.9 Å². The zero-order valence-corrected chi connectivity index (χ0v) is 19.3. The van der Waals surface area contributed by atoms with Crippen molar-refractivity contribution in [2.45, 2.75) is 24.3 Å². The van der Waals surface area contributed by atoms with Crippen LogP contribution in [0, 0.1) is 5.92 Å². The number of hydrogen-bond acceptors (Lipinski definition) is 5. The number of nitrogens with zero attached hydrogens (tertiary/aromatic N) is 1. The lowest BCUT2D eigenvalue weighted by molar-refractivity contribution is -0.126. The highest BCUT2D eigenvalue weighted by molar-refractivity contribution is 9.10. The van der Waals surface area contributed by atoms with Crippen LogP contribution in [0.2, 0.25) is 0 Å². The summed E-state index contributed by atoms with van der Waals surface area (Å²) in [6, 6.07) is 12.0. The fraction of sp³-hybridized carbons (Fsp3) is 0.381. The molecule has 0 radical (unpaired) electrons. The minimum absolute atomic E-state index is 0.0938. The maximum Gasteiger partial charge on any atom is 0.243 e. The van der Waals surface area contributed by atoms with E-state index < -0.39 is 10.0 Å². The number of methoxy groups -OCH3 is 2. The number of hydrogen-bond donors (Lipinski definition) is 1. The van der Waals surface area contributed by atoms with Gasteiger partial charge >= 0.3 is 0 Å². The predicted octanol–water partition coefficient (Wildman–Crippen LogP) is 3.18. The minimum atomic E-state index is -3.55. The van der Waals surface area contributed by atoms with E-state index in [0.717, 1.165) is 10.0 Å². The molecule has 1 saturated heterocycles. The zero-order chi connectivity index (χ0) is 21.7. The fourth-order valence-corrected chi connectivity index (χ4v) is 5.27. The molecule has 162 valence electrons. The highest BCUT2D eigenvalue weighted by Crippen LogP contribution is 2.29. The van der Waals surface area contributed by atoms with E-state index in [-0.39, 0.29) is 23.3 Å². The summed E-state index contributed by atoms with van der Waals surface area (Å²) in [5.41, 5.74) is 0.770. The van der Waals surface area contributed by atoms with Crippen LogP contribution in [-0.4, -0.2) is 45.9 Å². The monoisotopic (exact) mass is 496 g/mol. The molecule has 1 fully saturated rings. The fourth-order valence-electron chi connectivity index (χ4n) is 3.54. The number of carbonyl (C=O) groups is 1. The van der Waals surface area contributed by atoms with Crippen LogP contribution in [0.1, 0.15) is 18.4 Å². The molecule has 1 aliphatic heterocycles. The lowest BCUT2D eigenvalue weighted by atomic mass is 9.97. The topological polar surface area (TPSA) is 84.9 Å². The van der Waals surface area contributed by atoms with Crippen LogP contribution in [0.3, 0.4) is 0 Å². The van der Waals surface area contributed by atoms with Crippen LogP contribution in [0.15, 0.2) is 51.8 Å². The summed E-state index contributed by atoms with van der Waals surface area (Å²) in [5.74, 6) is 0.959. The van der Waals surface area contributed by atoms with E-state index >= 15 is 0 Å². The summed E-state index contributed by atoms with van der Waals surface area (Å²) >= 11 is 3.31. The number of ether oxygens (including phenoxy) is 2. The van der Waals surface area contributed by atoms with E-state index in [4.69, 9.17) is 9.47 Å². The lowest BCUT2D eigenvalue weighted by Gasteiger charge is -2.30. The summed E-state index contributed by atoms with van der Waals surface area (Å²) in [6.45, 7) is 0.909. The summed E-state index contributed by atoms with van der Waals surface area (Å²) in [7, 11) is -0.411. The van der Waals surface area contributed by atoms with Gasteiger partial charge in [0.05, 0.1) is 31.2 Å². The van der Waals surface area contributed by atoms with Crippen molar-refractivity contribution in [3.8, 4) is 11.5 Å². The summed E-state index contributed by atoms with van der Waals surface area (Å²) in [4.78, 5) is 12.9. The van der Waals surface area contributed by atoms with Gasteiger partial charge in [-0.2, -0.15) is 4.31 Å². The predicted molar refractivity (Wildman–Crippen MR) is 117 cm³/mol. The van der Waals surface area contributed by atoms with Crippen molar-refractivity contribution in [3.05, 3.63) is 52.5 Å². The first kappa shape index (κ1) is 22.6. The molecule has 1 amide bonds. The van der Waals surface area contributed by atoms with Crippen molar-refractivity contribution >= 4 is 31.9 Å². The van der Waals surface area contributed by atoms with Crippen molar-refractivity contribution in [2.75, 3.05) is 27.3 Å². The number of benzene rings is 2. The van der Waals surface area contributed by atoms with Gasteiger partial charge in [-0.05, 0) is 49.2 Å². The van der Waals surface area contributed by atoms with Gasteiger partial charge in [-0.1, -0.05) is 22.0 Å². The third-order valence-electron chi connectivity index (χ3n) is 5.25. The highest BCUT2D eigenvalue weighted by Gasteiger charge is 2.32. The standard InChI is InChI=1S/C21H25BrN2O5S/c1-28-19-4-3-5-20(29-2)18(19)14-23-21(25)15-10-12-24(13-11-15)30(26,27)17-8-6-16(22)7-9-17/h3-9,15H,10-14H2,1-2H3,(H,23,25). The van der Waals surface area contributed by atoms with Crippen LogP contribution < -0.4 is 14.8 Å². The van der Waals surface area contributed by atoms with Gasteiger partial charge in [0.25, 0.3) is 0 Å². The first-order valence-electron chi connectivity index (χ1n) is 9.60. The molecule has 0 aliphatic carbocycles. The summed E-state index contributed by atoms with van der Waals surface area (Å²) < 4.78 is 38.6. The molecule has 0 spiro atoms. The van der Waals surface area contributed by atoms with E-state index in [2.05, 4.69) is 21.2 Å². The molecule has 0 unspecified atom stereocenters. The van der Waals surface area contributed by atoms with Crippen LogP contribution in [-0.2, 0) is 21.4 Å². The molecule has 1 aliphatic rings. The third kappa shape index (κ3) is 4.96. The summed E-state index contributed by atoms with van der Waals surface area (Å²) in [6.07, 6.45) is 0.954. The molecular formula is C21H25BrN2O5S. The molecule has 0 saturated carbocycles. The van der Waals surface area contributed by atoms with Crippen LogP contribution in [0.4, 0.5) is 0 Å². The van der Waals surface area contributed by atoms with E-state index in [1.165, 1.54) is 4.31 Å². The first-order chi connectivity index (χ1) is 14.4. The Hall–Kier alpha value is -2.10. The van der Waals surface area contributed by atoms with E-state index in [0.29, 0.717) is 37.4 Å². The molecule has 0 atom stereocenters. The van der Waals surface area contributed by atoms with Crippen molar-refractivity contribution in [1.29, 1.82) is 0 Å². The molecule has 2 aromatic carbocycles. The smallest absolute Gasteiger partial charge is 0.243 e. The number of piperidine rings is 1. The van der Waals surface area contributed by atoms with E-state index in [9.17, 15) is 13.2 Å². The number of amides is 1. The normalized spacial score (nSPS) is 15.6. The van der Waals surface area contributed by atoms with Crippen LogP contribution in [0.25, 0.3) is 0 Å². The Morgan fingerprint density at radius 3 is 2.17 bits per heavy atom. The number of halogens is 1. The van der Waals surface area contributed by atoms with E-state index in [1.807, 2.05) is 18.2 Å². The Kier molecular flexibility index (Phi) is 7.38. The number of carbonyl (C=O) groups excluding carboxylic acids is 1. The number of nitrogens with one attached hydrogen (secondary N) is 1. The van der Waals surface area contributed by atoms with Crippen molar-refractivity contribution in [3.63, 3.8) is 0 Å². The van der Waals surface area contributed by atoms with Gasteiger partial charge in [0.15, 0.2) is 0 Å². The SMILES string of the molecule is COc1cccc(OC)c1CNC(=O)C1CCN(S(=O)(=O)c2ccc(Br)cc2)CC1. The number of sulfonamides is 1. The number of rotatable bonds is 7. The molecule has 1 N–H and O–H groups in total. The maximum absolute atomic E-state index is 12.8. The van der Waals surface area contributed by atoms with Crippen molar-refractivity contribution in [2.24, 2.45) is 5.92 Å². The van der Waals surface area contributed by atoms with Crippen molar-refractivity contribution < 1.29 is 22.7 Å². The second-order valence-electron chi connectivity index (χ2n) is 6.99. The van der Waals surface area contributed by atoms with Gasteiger partial charge in [0.2, 0.25) is 15.9 Å². The Bertz CT molecular complexity index is 965. The molecule has 7 nitrogen and oxygen atoms in total. The summed E-state index contributed by atoms with van der Waals surface area (Å²) in [5, 5.41) is 2.94. The Morgan fingerprint density at radius 1 is 1.07 bits per heavy atom. The van der Waals surface area contributed by atoms with Crippen LogP contribution in [0.5, 0.6) is 11.5 Å². The molecule has 9 heteroatoms. The van der Waals surface area contributed by atoms with E-state index in [1.54, 1.807) is 38.5 Å². The van der Waals surface area contributed by atoms with Gasteiger partial charge in [-0.3, -0.25) is 4.79 Å². The van der Waals surface area contributed by atoms with Crippen molar-refractivity contribution in [1.82, 2.24) is 9.62 Å². The molecule has 3 rings (SSSR count). The average Bonchev–Trinajstić information content (AvgIpc) is 2.77. The second-order valence-corrected chi connectivity index (χ2v) is 9.84. The average molecular weight is 497 g/mol.